The zero-order valence-electron chi connectivity index (χ0n) is 21.5. The van der Waals surface area contributed by atoms with Crippen LogP contribution in [0.3, 0.4) is 0 Å². The van der Waals surface area contributed by atoms with Crippen LogP contribution in [-0.2, 0) is 28.5 Å². The summed E-state index contributed by atoms with van der Waals surface area (Å²) in [7, 11) is 0. The Balaban J connectivity index is 1.30. The molecule has 1 saturated heterocycles. The summed E-state index contributed by atoms with van der Waals surface area (Å²) in [6.07, 6.45) is 1.16. The van der Waals surface area contributed by atoms with Gasteiger partial charge >= 0.3 is 18.1 Å². The Hall–Kier alpha value is -3.22. The SMILES string of the molecule is O=C(C=Cc1cccc(C(=O)OC2CC(C(=O)NCCO)=CC3OC(C4CC4)(C4CC4)OC32)c1)OCC(F)(F)F. The van der Waals surface area contributed by atoms with Gasteiger partial charge in [-0.1, -0.05) is 12.1 Å². The van der Waals surface area contributed by atoms with Crippen molar-refractivity contribution in [3.63, 3.8) is 0 Å². The van der Waals surface area contributed by atoms with Crippen LogP contribution in [0.2, 0.25) is 0 Å². The number of alkyl halides is 3. The first-order valence-electron chi connectivity index (χ1n) is 13.3. The van der Waals surface area contributed by atoms with E-state index in [9.17, 15) is 27.6 Å². The van der Waals surface area contributed by atoms with Crippen molar-refractivity contribution < 1.29 is 51.6 Å². The predicted molar refractivity (Wildman–Crippen MR) is 132 cm³/mol. The van der Waals surface area contributed by atoms with Crippen LogP contribution in [0.15, 0.2) is 42.0 Å². The quantitative estimate of drug-likeness (QED) is 0.328. The smallest absolute Gasteiger partial charge is 0.422 e. The molecule has 3 aliphatic carbocycles. The first-order chi connectivity index (χ1) is 19.1. The molecule has 1 aliphatic heterocycles. The molecule has 0 bridgehead atoms. The van der Waals surface area contributed by atoms with Crippen LogP contribution in [0.25, 0.3) is 6.08 Å². The number of ether oxygens (including phenoxy) is 4. The van der Waals surface area contributed by atoms with Gasteiger partial charge < -0.3 is 29.4 Å². The summed E-state index contributed by atoms with van der Waals surface area (Å²) < 4.78 is 59.7. The summed E-state index contributed by atoms with van der Waals surface area (Å²) in [5.41, 5.74) is 0.871. The zero-order valence-corrected chi connectivity index (χ0v) is 21.5. The summed E-state index contributed by atoms with van der Waals surface area (Å²) in [4.78, 5) is 37.5. The normalized spacial score (nSPS) is 25.7. The maximum absolute atomic E-state index is 13.2. The van der Waals surface area contributed by atoms with Crippen LogP contribution >= 0.6 is 0 Å². The third-order valence-electron chi connectivity index (χ3n) is 7.27. The predicted octanol–water partition coefficient (Wildman–Crippen LogP) is 3.07. The number of hydrogen-bond acceptors (Lipinski definition) is 8. The lowest BCUT2D eigenvalue weighted by atomic mass is 9.91. The Morgan fingerprint density at radius 1 is 1.12 bits per heavy atom. The van der Waals surface area contributed by atoms with Gasteiger partial charge in [0.2, 0.25) is 5.91 Å². The Morgan fingerprint density at radius 2 is 1.85 bits per heavy atom. The molecule has 1 aromatic carbocycles. The van der Waals surface area contributed by atoms with Crippen LogP contribution in [0.4, 0.5) is 13.2 Å². The van der Waals surface area contributed by atoms with E-state index in [2.05, 4.69) is 10.1 Å². The Morgan fingerprint density at radius 3 is 2.50 bits per heavy atom. The number of aliphatic hydroxyl groups is 1. The highest BCUT2D eigenvalue weighted by molar-refractivity contribution is 5.94. The number of halogens is 3. The summed E-state index contributed by atoms with van der Waals surface area (Å²) in [6.45, 7) is -1.85. The fraction of sp³-hybridized carbons (Fsp3) is 0.536. The third kappa shape index (κ3) is 6.56. The van der Waals surface area contributed by atoms with Crippen molar-refractivity contribution in [2.45, 2.75) is 62.4 Å². The molecule has 3 atom stereocenters. The van der Waals surface area contributed by atoms with E-state index in [1.165, 1.54) is 24.3 Å². The lowest BCUT2D eigenvalue weighted by Gasteiger charge is -2.31. The van der Waals surface area contributed by atoms with E-state index in [1.807, 2.05) is 0 Å². The highest BCUT2D eigenvalue weighted by atomic mass is 19.4. The van der Waals surface area contributed by atoms with Gasteiger partial charge in [-0.2, -0.15) is 13.2 Å². The molecule has 9 nitrogen and oxygen atoms in total. The van der Waals surface area contributed by atoms with Crippen LogP contribution in [0.1, 0.15) is 48.0 Å². The van der Waals surface area contributed by atoms with Gasteiger partial charge in [0.25, 0.3) is 0 Å². The van der Waals surface area contributed by atoms with Gasteiger partial charge in [-0.3, -0.25) is 4.79 Å². The van der Waals surface area contributed by atoms with Gasteiger partial charge in [0, 0.05) is 36.5 Å². The van der Waals surface area contributed by atoms with Crippen molar-refractivity contribution >= 4 is 23.9 Å². The summed E-state index contributed by atoms with van der Waals surface area (Å²) in [6, 6.07) is 6.01. The van der Waals surface area contributed by atoms with Gasteiger partial charge in [0.15, 0.2) is 12.4 Å². The van der Waals surface area contributed by atoms with Crippen molar-refractivity contribution in [2.75, 3.05) is 19.8 Å². The number of hydrogen-bond donors (Lipinski definition) is 2. The average molecular weight is 566 g/mol. The van der Waals surface area contributed by atoms with Gasteiger partial charge in [-0.25, -0.2) is 9.59 Å². The second kappa shape index (κ2) is 11.3. The van der Waals surface area contributed by atoms with Gasteiger partial charge in [-0.05, 0) is 55.5 Å². The molecule has 1 amide bonds. The number of carbonyl (C=O) groups excluding carboxylic acids is 3. The molecule has 216 valence electrons. The lowest BCUT2D eigenvalue weighted by molar-refractivity contribution is -0.209. The minimum absolute atomic E-state index is 0.0736. The number of amides is 1. The monoisotopic (exact) mass is 565 g/mol. The molecule has 0 radical (unpaired) electrons. The fourth-order valence-electron chi connectivity index (χ4n) is 5.19. The molecule has 1 aromatic rings. The van der Waals surface area contributed by atoms with E-state index in [-0.39, 0.29) is 37.0 Å². The molecule has 0 spiro atoms. The van der Waals surface area contributed by atoms with Crippen LogP contribution in [0, 0.1) is 11.8 Å². The number of benzene rings is 1. The largest absolute Gasteiger partial charge is 0.456 e. The molecular weight excluding hydrogens is 535 g/mol. The second-order valence-electron chi connectivity index (χ2n) is 10.4. The Kier molecular flexibility index (Phi) is 8.03. The van der Waals surface area contributed by atoms with E-state index in [0.717, 1.165) is 31.8 Å². The number of nitrogens with one attached hydrogen (secondary N) is 1. The van der Waals surface area contributed by atoms with Crippen LogP contribution in [0.5, 0.6) is 0 Å². The van der Waals surface area contributed by atoms with E-state index in [0.29, 0.717) is 11.1 Å². The minimum Gasteiger partial charge on any atom is -0.456 e. The van der Waals surface area contributed by atoms with Gasteiger partial charge in [0.05, 0.1) is 12.2 Å². The molecule has 40 heavy (non-hydrogen) atoms. The highest BCUT2D eigenvalue weighted by Gasteiger charge is 2.64. The van der Waals surface area contributed by atoms with Crippen molar-refractivity contribution in [1.82, 2.24) is 5.32 Å². The van der Waals surface area contributed by atoms with Crippen molar-refractivity contribution in [3.8, 4) is 0 Å². The van der Waals surface area contributed by atoms with Crippen molar-refractivity contribution in [2.24, 2.45) is 11.8 Å². The van der Waals surface area contributed by atoms with E-state index < -0.39 is 54.7 Å². The van der Waals surface area contributed by atoms with Gasteiger partial charge in [0.1, 0.15) is 18.3 Å². The molecule has 4 aliphatic rings. The second-order valence-corrected chi connectivity index (χ2v) is 10.4. The number of carbonyl (C=O) groups is 3. The molecule has 0 aromatic heterocycles. The van der Waals surface area contributed by atoms with E-state index in [1.54, 1.807) is 12.1 Å². The molecule has 2 saturated carbocycles. The molecule has 1 heterocycles. The number of aliphatic hydroxyl groups excluding tert-OH is 1. The number of esters is 2. The third-order valence-corrected chi connectivity index (χ3v) is 7.27. The maximum Gasteiger partial charge on any atom is 0.422 e. The summed E-state index contributed by atoms with van der Waals surface area (Å²) in [5, 5.41) is 11.7. The summed E-state index contributed by atoms with van der Waals surface area (Å²) >= 11 is 0. The number of fused-ring (bicyclic) bond motifs is 1. The topological polar surface area (TPSA) is 120 Å². The van der Waals surface area contributed by atoms with Crippen molar-refractivity contribution in [1.29, 1.82) is 0 Å². The number of rotatable bonds is 10. The van der Waals surface area contributed by atoms with E-state index >= 15 is 0 Å². The minimum atomic E-state index is -4.63. The molecule has 3 unspecified atom stereocenters. The molecule has 2 N–H and O–H groups in total. The Bertz CT molecular complexity index is 1190. The average Bonchev–Trinajstić information content (AvgIpc) is 3.86. The molecule has 3 fully saturated rings. The highest BCUT2D eigenvalue weighted by Crippen LogP contribution is 2.59. The first kappa shape index (κ1) is 28.3. The van der Waals surface area contributed by atoms with Gasteiger partial charge in [-0.15, -0.1) is 0 Å². The van der Waals surface area contributed by atoms with E-state index in [4.69, 9.17) is 19.3 Å². The zero-order chi connectivity index (χ0) is 28.5. The van der Waals surface area contributed by atoms with Crippen molar-refractivity contribution in [3.05, 3.63) is 53.1 Å². The standard InChI is InChI=1S/C28H30F3NO8/c29-27(30,31)15-37-23(34)9-4-16-2-1-3-17(12-16)26(36)38-21-13-18(25(35)32-10-11-33)14-22-24(21)40-28(39-22,19-5-6-19)20-7-8-20/h1-4,9,12,14,19-22,24,33H,5-8,10-11,13,15H2,(H,32,35). The van der Waals surface area contributed by atoms with Crippen LogP contribution < -0.4 is 5.32 Å². The summed E-state index contributed by atoms with van der Waals surface area (Å²) in [5.74, 6) is -2.50. The molecular formula is C28H30F3NO8. The fourth-order valence-corrected chi connectivity index (χ4v) is 5.19. The molecule has 12 heteroatoms. The maximum atomic E-state index is 13.2. The van der Waals surface area contributed by atoms with Crippen LogP contribution in [-0.4, -0.2) is 73.0 Å². The Labute approximate surface area is 228 Å². The first-order valence-corrected chi connectivity index (χ1v) is 13.3. The lowest BCUT2D eigenvalue weighted by Crippen LogP contribution is -2.44. The molecule has 5 rings (SSSR count).